The van der Waals surface area contributed by atoms with Gasteiger partial charge in [-0.1, -0.05) is 0 Å². The zero-order valence-electron chi connectivity index (χ0n) is 10.2. The maximum Gasteiger partial charge on any atom is 0.325 e. The first-order chi connectivity index (χ1) is 8.60. The molecule has 1 N–H and O–H groups in total. The average Bonchev–Trinajstić information content (AvgIpc) is 2.37. The van der Waals surface area contributed by atoms with Crippen LogP contribution < -0.4 is 15.0 Å². The summed E-state index contributed by atoms with van der Waals surface area (Å²) in [5.74, 6) is 0.121. The van der Waals surface area contributed by atoms with Crippen molar-refractivity contribution in [3.8, 4) is 5.75 Å². The number of anilines is 2. The molecule has 2 rings (SSSR count). The van der Waals surface area contributed by atoms with E-state index in [4.69, 9.17) is 4.74 Å². The van der Waals surface area contributed by atoms with Crippen molar-refractivity contribution in [2.24, 2.45) is 0 Å². The Kier molecular flexibility index (Phi) is 3.36. The molecule has 0 fully saturated rings. The van der Waals surface area contributed by atoms with E-state index in [0.717, 1.165) is 5.69 Å². The van der Waals surface area contributed by atoms with E-state index in [1.54, 1.807) is 24.1 Å². The first kappa shape index (κ1) is 12.2. The van der Waals surface area contributed by atoms with Crippen LogP contribution in [-0.4, -0.2) is 39.2 Å². The number of fused-ring (bicyclic) bond motifs is 1. The minimum atomic E-state index is -0.324. The highest BCUT2D eigenvalue weighted by molar-refractivity contribution is 5.96. The maximum atomic E-state index is 11.2. The van der Waals surface area contributed by atoms with E-state index in [1.165, 1.54) is 7.11 Å². The number of nitrogens with one attached hydrogen (secondary N) is 1. The van der Waals surface area contributed by atoms with Gasteiger partial charge in [0.15, 0.2) is 6.61 Å². The van der Waals surface area contributed by atoms with Gasteiger partial charge in [-0.05, 0) is 18.2 Å². The maximum absolute atomic E-state index is 11.2. The third-order valence-electron chi connectivity index (χ3n) is 2.63. The van der Waals surface area contributed by atoms with E-state index in [2.05, 4.69) is 10.1 Å². The van der Waals surface area contributed by atoms with Crippen LogP contribution in [0.1, 0.15) is 0 Å². The van der Waals surface area contributed by atoms with E-state index in [1.807, 2.05) is 6.07 Å². The van der Waals surface area contributed by atoms with Gasteiger partial charge in [0, 0.05) is 12.7 Å². The first-order valence-corrected chi connectivity index (χ1v) is 5.45. The largest absolute Gasteiger partial charge is 0.482 e. The summed E-state index contributed by atoms with van der Waals surface area (Å²) in [4.78, 5) is 24.1. The number of carbonyl (C=O) groups excluding carboxylic acids is 2. The lowest BCUT2D eigenvalue weighted by Gasteiger charge is -2.22. The lowest BCUT2D eigenvalue weighted by atomic mass is 10.2. The number of likely N-dealkylation sites (N-methyl/N-ethyl adjacent to an activating group) is 1. The third-order valence-corrected chi connectivity index (χ3v) is 2.63. The molecule has 0 aromatic heterocycles. The Hall–Kier alpha value is -2.24. The molecule has 0 atom stereocenters. The van der Waals surface area contributed by atoms with Crippen molar-refractivity contribution in [3.05, 3.63) is 18.2 Å². The Labute approximate surface area is 104 Å². The quantitative estimate of drug-likeness (QED) is 0.797. The summed E-state index contributed by atoms with van der Waals surface area (Å²) in [5, 5.41) is 2.72. The molecule has 1 amide bonds. The summed E-state index contributed by atoms with van der Waals surface area (Å²) < 4.78 is 9.85. The van der Waals surface area contributed by atoms with Crippen LogP contribution >= 0.6 is 0 Å². The molecule has 1 aliphatic rings. The Bertz CT molecular complexity index is 487. The smallest absolute Gasteiger partial charge is 0.325 e. The first-order valence-electron chi connectivity index (χ1n) is 5.45. The van der Waals surface area contributed by atoms with E-state index >= 15 is 0 Å². The van der Waals surface area contributed by atoms with Crippen LogP contribution in [0.3, 0.4) is 0 Å². The second-order valence-electron chi connectivity index (χ2n) is 3.95. The fourth-order valence-corrected chi connectivity index (χ4v) is 1.66. The summed E-state index contributed by atoms with van der Waals surface area (Å²) in [6.07, 6.45) is 0. The number of carbonyl (C=O) groups is 2. The summed E-state index contributed by atoms with van der Waals surface area (Å²) in [7, 11) is 3.11. The minimum absolute atomic E-state index is 0.0321. The van der Waals surface area contributed by atoms with Gasteiger partial charge in [-0.2, -0.15) is 0 Å². The van der Waals surface area contributed by atoms with Crippen LogP contribution in [0.2, 0.25) is 0 Å². The number of benzene rings is 1. The topological polar surface area (TPSA) is 67.9 Å². The fraction of sp³-hybridized carbons (Fsp3) is 0.333. The van der Waals surface area contributed by atoms with Crippen LogP contribution in [0, 0.1) is 0 Å². The van der Waals surface area contributed by atoms with E-state index in [9.17, 15) is 9.59 Å². The Morgan fingerprint density at radius 2 is 2.33 bits per heavy atom. The number of hydrogen-bond donors (Lipinski definition) is 1. The van der Waals surface area contributed by atoms with Gasteiger partial charge in [0.1, 0.15) is 12.3 Å². The van der Waals surface area contributed by atoms with Crippen molar-refractivity contribution in [1.29, 1.82) is 0 Å². The zero-order chi connectivity index (χ0) is 13.1. The SMILES string of the molecule is COC(=O)CN(C)c1ccc2c(c1)NC(=O)CO2. The molecule has 0 radical (unpaired) electrons. The number of ether oxygens (including phenoxy) is 2. The second-order valence-corrected chi connectivity index (χ2v) is 3.95. The van der Waals surface area contributed by atoms with Crippen molar-refractivity contribution in [2.45, 2.75) is 0 Å². The van der Waals surface area contributed by atoms with Crippen molar-refractivity contribution in [2.75, 3.05) is 37.5 Å². The van der Waals surface area contributed by atoms with E-state index in [0.29, 0.717) is 11.4 Å². The van der Waals surface area contributed by atoms with Gasteiger partial charge in [0.05, 0.1) is 12.8 Å². The van der Waals surface area contributed by atoms with Gasteiger partial charge in [-0.25, -0.2) is 0 Å². The molecule has 0 saturated heterocycles. The number of esters is 1. The lowest BCUT2D eigenvalue weighted by molar-refractivity contribution is -0.138. The third kappa shape index (κ3) is 2.53. The summed E-state index contributed by atoms with van der Waals surface area (Å²) in [5.41, 5.74) is 1.41. The van der Waals surface area contributed by atoms with Gasteiger partial charge >= 0.3 is 5.97 Å². The number of rotatable bonds is 3. The van der Waals surface area contributed by atoms with Crippen molar-refractivity contribution in [3.63, 3.8) is 0 Å². The van der Waals surface area contributed by atoms with Crippen LogP contribution in [-0.2, 0) is 14.3 Å². The fourth-order valence-electron chi connectivity index (χ4n) is 1.66. The molecule has 1 aromatic rings. The minimum Gasteiger partial charge on any atom is -0.482 e. The monoisotopic (exact) mass is 250 g/mol. The summed E-state index contributed by atoms with van der Waals surface area (Å²) >= 11 is 0. The molecule has 0 aliphatic carbocycles. The van der Waals surface area contributed by atoms with Crippen LogP contribution in [0.15, 0.2) is 18.2 Å². The number of methoxy groups -OCH3 is 1. The molecule has 0 bridgehead atoms. The van der Waals surface area contributed by atoms with Crippen molar-refractivity contribution >= 4 is 23.3 Å². The molecule has 6 heteroatoms. The summed E-state index contributed by atoms with van der Waals surface area (Å²) in [6, 6.07) is 5.34. The second kappa shape index (κ2) is 4.95. The Morgan fingerprint density at radius 3 is 3.06 bits per heavy atom. The highest BCUT2D eigenvalue weighted by Crippen LogP contribution is 2.31. The van der Waals surface area contributed by atoms with E-state index < -0.39 is 0 Å². The predicted molar refractivity (Wildman–Crippen MR) is 65.9 cm³/mol. The Morgan fingerprint density at radius 1 is 1.56 bits per heavy atom. The molecule has 1 aromatic carbocycles. The van der Waals surface area contributed by atoms with Gasteiger partial charge < -0.3 is 19.7 Å². The van der Waals surface area contributed by atoms with Gasteiger partial charge in [0.25, 0.3) is 5.91 Å². The zero-order valence-corrected chi connectivity index (χ0v) is 10.2. The molecule has 1 aliphatic heterocycles. The average molecular weight is 250 g/mol. The van der Waals surface area contributed by atoms with Crippen LogP contribution in [0.25, 0.3) is 0 Å². The van der Waals surface area contributed by atoms with Gasteiger partial charge in [-0.3, -0.25) is 9.59 Å². The van der Waals surface area contributed by atoms with Crippen molar-refractivity contribution in [1.82, 2.24) is 0 Å². The molecular weight excluding hydrogens is 236 g/mol. The predicted octanol–water partition coefficient (Wildman–Crippen LogP) is 0.627. The van der Waals surface area contributed by atoms with Crippen molar-refractivity contribution < 1.29 is 19.1 Å². The van der Waals surface area contributed by atoms with Gasteiger partial charge in [-0.15, -0.1) is 0 Å². The lowest BCUT2D eigenvalue weighted by Crippen LogP contribution is -2.28. The molecule has 0 saturated carbocycles. The molecule has 0 spiro atoms. The van der Waals surface area contributed by atoms with Crippen LogP contribution in [0.5, 0.6) is 5.75 Å². The molecule has 1 heterocycles. The molecule has 96 valence electrons. The number of hydrogen-bond acceptors (Lipinski definition) is 5. The normalized spacial score (nSPS) is 13.1. The highest BCUT2D eigenvalue weighted by atomic mass is 16.5. The highest BCUT2D eigenvalue weighted by Gasteiger charge is 2.17. The van der Waals surface area contributed by atoms with Crippen LogP contribution in [0.4, 0.5) is 11.4 Å². The molecular formula is C12H14N2O4. The van der Waals surface area contributed by atoms with Gasteiger partial charge in [0.2, 0.25) is 0 Å². The molecule has 0 unspecified atom stereocenters. The molecule has 6 nitrogen and oxygen atoms in total. The van der Waals surface area contributed by atoms with E-state index in [-0.39, 0.29) is 25.0 Å². The summed E-state index contributed by atoms with van der Waals surface area (Å²) in [6.45, 7) is 0.175. The molecule has 18 heavy (non-hydrogen) atoms. The number of amides is 1. The number of nitrogens with zero attached hydrogens (tertiary/aromatic N) is 1. The Balaban J connectivity index is 2.17. The standard InChI is InChI=1S/C12H14N2O4/c1-14(6-12(16)17-2)8-3-4-10-9(5-8)13-11(15)7-18-10/h3-5H,6-7H2,1-2H3,(H,13,15).